The zero-order valence-electron chi connectivity index (χ0n) is 13.6. The first-order valence-corrected chi connectivity index (χ1v) is 8.73. The van der Waals surface area contributed by atoms with E-state index in [4.69, 9.17) is 4.42 Å². The first-order chi connectivity index (χ1) is 12.2. The molecule has 0 saturated carbocycles. The van der Waals surface area contributed by atoms with Gasteiger partial charge in [0.1, 0.15) is 5.82 Å². The molecular formula is C18H16FN3O2S. The molecule has 3 rings (SSSR count). The highest BCUT2D eigenvalue weighted by Gasteiger charge is 2.16. The summed E-state index contributed by atoms with van der Waals surface area (Å²) in [6.45, 7) is 2.50. The van der Waals surface area contributed by atoms with Crippen LogP contribution in [0, 0.1) is 5.82 Å². The molecule has 5 nitrogen and oxygen atoms in total. The van der Waals surface area contributed by atoms with Gasteiger partial charge in [0.15, 0.2) is 0 Å². The predicted molar refractivity (Wildman–Crippen MR) is 94.9 cm³/mol. The number of nitrogens with zero attached hydrogens (tertiary/aromatic N) is 3. The molecule has 0 bridgehead atoms. The van der Waals surface area contributed by atoms with Crippen molar-refractivity contribution in [1.29, 1.82) is 0 Å². The molecule has 0 atom stereocenters. The predicted octanol–water partition coefficient (Wildman–Crippen LogP) is 4.02. The van der Waals surface area contributed by atoms with Crippen molar-refractivity contribution in [3.8, 4) is 11.5 Å². The Morgan fingerprint density at radius 2 is 1.84 bits per heavy atom. The van der Waals surface area contributed by atoms with Crippen LogP contribution in [0.15, 0.2) is 64.2 Å². The third-order valence-electron chi connectivity index (χ3n) is 3.50. The number of halogens is 1. The first kappa shape index (κ1) is 17.2. The van der Waals surface area contributed by atoms with Crippen LogP contribution in [0.25, 0.3) is 11.5 Å². The van der Waals surface area contributed by atoms with Gasteiger partial charge < -0.3 is 9.32 Å². The molecule has 7 heteroatoms. The van der Waals surface area contributed by atoms with Crippen molar-refractivity contribution in [3.63, 3.8) is 0 Å². The second-order valence-electron chi connectivity index (χ2n) is 5.14. The minimum absolute atomic E-state index is 0.0415. The van der Waals surface area contributed by atoms with Gasteiger partial charge in [-0.25, -0.2) is 4.39 Å². The third kappa shape index (κ3) is 4.24. The molecule has 1 amide bonds. The van der Waals surface area contributed by atoms with Gasteiger partial charge in [0.25, 0.3) is 5.22 Å². The Balaban J connectivity index is 1.63. The van der Waals surface area contributed by atoms with Gasteiger partial charge in [-0.05, 0) is 43.3 Å². The Labute approximate surface area is 148 Å². The summed E-state index contributed by atoms with van der Waals surface area (Å²) in [5.41, 5.74) is 1.49. The number of thioether (sulfide) groups is 1. The summed E-state index contributed by atoms with van der Waals surface area (Å²) >= 11 is 1.18. The van der Waals surface area contributed by atoms with Crippen molar-refractivity contribution in [1.82, 2.24) is 10.2 Å². The number of hydrogen-bond acceptors (Lipinski definition) is 5. The number of rotatable bonds is 6. The second-order valence-corrected chi connectivity index (χ2v) is 6.07. The molecule has 0 aliphatic heterocycles. The quantitative estimate of drug-likeness (QED) is 0.624. The highest BCUT2D eigenvalue weighted by atomic mass is 32.2. The summed E-state index contributed by atoms with van der Waals surface area (Å²) in [6, 6.07) is 15.3. The molecule has 3 aromatic rings. The number of anilines is 1. The number of carbonyl (C=O) groups excluding carboxylic acids is 1. The average Bonchev–Trinajstić information content (AvgIpc) is 3.11. The van der Waals surface area contributed by atoms with E-state index in [2.05, 4.69) is 10.2 Å². The smallest absolute Gasteiger partial charge is 0.277 e. The zero-order valence-corrected chi connectivity index (χ0v) is 14.4. The molecule has 0 unspecified atom stereocenters. The van der Waals surface area contributed by atoms with Crippen molar-refractivity contribution < 1.29 is 13.6 Å². The van der Waals surface area contributed by atoms with Crippen molar-refractivity contribution in [2.75, 3.05) is 17.2 Å². The standard InChI is InChI=1S/C18H16FN3O2S/c1-2-22(15-6-4-3-5-7-15)16(23)12-25-18-21-20-17(24-18)13-8-10-14(19)11-9-13/h3-11H,2,12H2,1H3. The van der Waals surface area contributed by atoms with Crippen LogP contribution >= 0.6 is 11.8 Å². The number of amides is 1. The lowest BCUT2D eigenvalue weighted by Crippen LogP contribution is -2.32. The summed E-state index contributed by atoms with van der Waals surface area (Å²) in [7, 11) is 0. The number of benzene rings is 2. The minimum atomic E-state index is -0.330. The molecule has 0 radical (unpaired) electrons. The van der Waals surface area contributed by atoms with Crippen molar-refractivity contribution in [3.05, 3.63) is 60.4 Å². The highest BCUT2D eigenvalue weighted by molar-refractivity contribution is 7.99. The Hall–Kier alpha value is -2.67. The summed E-state index contributed by atoms with van der Waals surface area (Å²) < 4.78 is 18.5. The van der Waals surface area contributed by atoms with Crippen LogP contribution in [-0.2, 0) is 4.79 Å². The van der Waals surface area contributed by atoms with Crippen molar-refractivity contribution >= 4 is 23.4 Å². The second kappa shape index (κ2) is 7.94. The molecule has 1 heterocycles. The Bertz CT molecular complexity index is 837. The van der Waals surface area contributed by atoms with Gasteiger partial charge in [0, 0.05) is 17.8 Å². The third-order valence-corrected chi connectivity index (χ3v) is 4.31. The van der Waals surface area contributed by atoms with E-state index in [-0.39, 0.29) is 17.5 Å². The first-order valence-electron chi connectivity index (χ1n) is 7.75. The van der Waals surface area contributed by atoms with Gasteiger partial charge in [-0.2, -0.15) is 0 Å². The lowest BCUT2D eigenvalue weighted by molar-refractivity contribution is -0.116. The maximum atomic E-state index is 13.0. The fourth-order valence-electron chi connectivity index (χ4n) is 2.29. The van der Waals surface area contributed by atoms with Crippen LogP contribution in [0.4, 0.5) is 10.1 Å². The van der Waals surface area contributed by atoms with Crippen LogP contribution in [0.5, 0.6) is 0 Å². The fourth-order valence-corrected chi connectivity index (χ4v) is 2.93. The molecule has 25 heavy (non-hydrogen) atoms. The Morgan fingerprint density at radius 1 is 1.12 bits per heavy atom. The topological polar surface area (TPSA) is 59.2 Å². The van der Waals surface area contributed by atoms with Crippen LogP contribution in [0.1, 0.15) is 6.92 Å². The lowest BCUT2D eigenvalue weighted by atomic mass is 10.2. The van der Waals surface area contributed by atoms with Crippen molar-refractivity contribution in [2.45, 2.75) is 12.1 Å². The zero-order chi connectivity index (χ0) is 17.6. The van der Waals surface area contributed by atoms with Gasteiger partial charge in [-0.1, -0.05) is 30.0 Å². The van der Waals surface area contributed by atoms with Crippen molar-refractivity contribution in [2.24, 2.45) is 0 Å². The van der Waals surface area contributed by atoms with Crippen LogP contribution in [0.2, 0.25) is 0 Å². The van der Waals surface area contributed by atoms with Crippen LogP contribution in [-0.4, -0.2) is 28.4 Å². The molecule has 0 spiro atoms. The average molecular weight is 357 g/mol. The highest BCUT2D eigenvalue weighted by Crippen LogP contribution is 2.24. The van der Waals surface area contributed by atoms with E-state index in [9.17, 15) is 9.18 Å². The van der Waals surface area contributed by atoms with Gasteiger partial charge in [-0.15, -0.1) is 10.2 Å². The summed E-state index contributed by atoms with van der Waals surface area (Å²) in [6.07, 6.45) is 0. The van der Waals surface area contributed by atoms with Crippen LogP contribution < -0.4 is 4.90 Å². The minimum Gasteiger partial charge on any atom is -0.411 e. The van der Waals surface area contributed by atoms with Gasteiger partial charge >= 0.3 is 0 Å². The molecular weight excluding hydrogens is 341 g/mol. The molecule has 128 valence electrons. The maximum Gasteiger partial charge on any atom is 0.277 e. The van der Waals surface area contributed by atoms with Crippen LogP contribution in [0.3, 0.4) is 0 Å². The van der Waals surface area contributed by atoms with E-state index >= 15 is 0 Å². The van der Waals surface area contributed by atoms with E-state index in [1.165, 1.54) is 23.9 Å². The molecule has 0 aliphatic carbocycles. The summed E-state index contributed by atoms with van der Waals surface area (Å²) in [5.74, 6) is 0.114. The Morgan fingerprint density at radius 3 is 2.52 bits per heavy atom. The van der Waals surface area contributed by atoms with Gasteiger partial charge in [0.2, 0.25) is 11.8 Å². The number of para-hydroxylation sites is 1. The molecule has 0 fully saturated rings. The number of hydrogen-bond donors (Lipinski definition) is 0. The summed E-state index contributed by atoms with van der Waals surface area (Å²) in [4.78, 5) is 14.1. The molecule has 1 aromatic heterocycles. The molecule has 2 aromatic carbocycles. The SMILES string of the molecule is CCN(C(=O)CSc1nnc(-c2ccc(F)cc2)o1)c1ccccc1. The van der Waals surface area contributed by atoms with Gasteiger partial charge in [0.05, 0.1) is 5.75 Å². The van der Waals surface area contributed by atoms with Gasteiger partial charge in [-0.3, -0.25) is 4.79 Å². The fraction of sp³-hybridized carbons (Fsp3) is 0.167. The maximum absolute atomic E-state index is 13.0. The molecule has 0 N–H and O–H groups in total. The van der Waals surface area contributed by atoms with E-state index in [0.29, 0.717) is 23.2 Å². The molecule has 0 aliphatic rings. The summed E-state index contributed by atoms with van der Waals surface area (Å²) in [5, 5.41) is 8.16. The monoisotopic (exact) mass is 357 g/mol. The largest absolute Gasteiger partial charge is 0.411 e. The van der Waals surface area contributed by atoms with E-state index in [0.717, 1.165) is 5.69 Å². The molecule has 0 saturated heterocycles. The van der Waals surface area contributed by atoms with E-state index < -0.39 is 0 Å². The van der Waals surface area contributed by atoms with E-state index in [1.807, 2.05) is 37.3 Å². The normalized spacial score (nSPS) is 10.6. The Kier molecular flexibility index (Phi) is 5.45. The lowest BCUT2D eigenvalue weighted by Gasteiger charge is -2.20. The number of aromatic nitrogens is 2. The van der Waals surface area contributed by atoms with E-state index in [1.54, 1.807) is 17.0 Å². The number of carbonyl (C=O) groups is 1.